The van der Waals surface area contributed by atoms with Gasteiger partial charge in [0.2, 0.25) is 0 Å². The van der Waals surface area contributed by atoms with E-state index in [4.69, 9.17) is 10.5 Å². The lowest BCUT2D eigenvalue weighted by molar-refractivity contribution is 0.192. The van der Waals surface area contributed by atoms with Crippen molar-refractivity contribution in [1.29, 1.82) is 0 Å². The van der Waals surface area contributed by atoms with E-state index in [1.807, 2.05) is 0 Å². The first-order chi connectivity index (χ1) is 5.77. The van der Waals surface area contributed by atoms with Crippen molar-refractivity contribution in [3.8, 4) is 0 Å². The molecule has 0 amide bonds. The molecule has 2 heteroatoms. The lowest BCUT2D eigenvalue weighted by atomic mass is 10.1. The standard InChI is InChI=1S/C10H23NO/c1-10(11)8-6-4-3-5-7-9-12-2/h10H,3-9,11H2,1-2H3. The smallest absolute Gasteiger partial charge is 0.0462 e. The van der Waals surface area contributed by atoms with Gasteiger partial charge in [-0.2, -0.15) is 0 Å². The van der Waals surface area contributed by atoms with Crippen molar-refractivity contribution in [2.24, 2.45) is 5.73 Å². The van der Waals surface area contributed by atoms with E-state index < -0.39 is 0 Å². The molecule has 0 spiro atoms. The molecule has 2 N–H and O–H groups in total. The van der Waals surface area contributed by atoms with Crippen LogP contribution in [0.4, 0.5) is 0 Å². The van der Waals surface area contributed by atoms with Crippen molar-refractivity contribution in [1.82, 2.24) is 0 Å². The average molecular weight is 173 g/mol. The Hall–Kier alpha value is -0.0800. The first-order valence-electron chi connectivity index (χ1n) is 5.02. The maximum atomic E-state index is 5.63. The van der Waals surface area contributed by atoms with Crippen LogP contribution in [0.1, 0.15) is 45.4 Å². The van der Waals surface area contributed by atoms with E-state index in [0.29, 0.717) is 6.04 Å². The van der Waals surface area contributed by atoms with Gasteiger partial charge in [-0.1, -0.05) is 25.7 Å². The molecule has 1 unspecified atom stereocenters. The summed E-state index contributed by atoms with van der Waals surface area (Å²) in [5, 5.41) is 0. The minimum absolute atomic E-state index is 0.379. The summed E-state index contributed by atoms with van der Waals surface area (Å²) in [6, 6.07) is 0.379. The Morgan fingerprint density at radius 3 is 2.25 bits per heavy atom. The van der Waals surface area contributed by atoms with Crippen LogP contribution in [0.3, 0.4) is 0 Å². The van der Waals surface area contributed by atoms with Crippen LogP contribution >= 0.6 is 0 Å². The maximum absolute atomic E-state index is 5.63. The number of hydrogen-bond acceptors (Lipinski definition) is 2. The summed E-state index contributed by atoms with van der Waals surface area (Å²) in [7, 11) is 1.76. The molecule has 0 aliphatic heterocycles. The van der Waals surface area contributed by atoms with Gasteiger partial charge in [-0.05, 0) is 19.8 Å². The Morgan fingerprint density at radius 1 is 1.08 bits per heavy atom. The van der Waals surface area contributed by atoms with Crippen LogP contribution in [-0.4, -0.2) is 19.8 Å². The molecule has 1 atom stereocenters. The fourth-order valence-electron chi connectivity index (χ4n) is 1.24. The SMILES string of the molecule is COCCCCCCCC(C)N. The Morgan fingerprint density at radius 2 is 1.67 bits per heavy atom. The molecule has 12 heavy (non-hydrogen) atoms. The van der Waals surface area contributed by atoms with Crippen LogP contribution in [0.25, 0.3) is 0 Å². The maximum Gasteiger partial charge on any atom is 0.0462 e. The van der Waals surface area contributed by atoms with Gasteiger partial charge in [0.25, 0.3) is 0 Å². The Bertz CT molecular complexity index is 83.9. The summed E-state index contributed by atoms with van der Waals surface area (Å²) in [6.07, 6.45) is 7.61. The van der Waals surface area contributed by atoms with Gasteiger partial charge in [0.15, 0.2) is 0 Å². The van der Waals surface area contributed by atoms with Gasteiger partial charge in [-0.15, -0.1) is 0 Å². The third-order valence-corrected chi connectivity index (χ3v) is 2.01. The quantitative estimate of drug-likeness (QED) is 0.572. The molecular formula is C10H23NO. The number of rotatable bonds is 8. The van der Waals surface area contributed by atoms with Crippen LogP contribution in [0.15, 0.2) is 0 Å². The highest BCUT2D eigenvalue weighted by molar-refractivity contribution is 4.53. The van der Waals surface area contributed by atoms with Crippen LogP contribution in [-0.2, 0) is 4.74 Å². The molecule has 0 aromatic heterocycles. The molecule has 0 aliphatic rings. The molecule has 0 bridgehead atoms. The van der Waals surface area contributed by atoms with Crippen LogP contribution < -0.4 is 5.73 Å². The Kier molecular flexibility index (Phi) is 8.95. The molecule has 0 saturated heterocycles. The topological polar surface area (TPSA) is 35.2 Å². The van der Waals surface area contributed by atoms with Gasteiger partial charge in [0.1, 0.15) is 0 Å². The van der Waals surface area contributed by atoms with E-state index >= 15 is 0 Å². The molecule has 0 radical (unpaired) electrons. The van der Waals surface area contributed by atoms with E-state index in [2.05, 4.69) is 6.92 Å². The summed E-state index contributed by atoms with van der Waals surface area (Å²) in [5.74, 6) is 0. The van der Waals surface area contributed by atoms with Gasteiger partial charge in [-0.25, -0.2) is 0 Å². The van der Waals surface area contributed by atoms with Crippen molar-refractivity contribution < 1.29 is 4.74 Å². The molecule has 2 nitrogen and oxygen atoms in total. The van der Waals surface area contributed by atoms with Gasteiger partial charge in [0, 0.05) is 19.8 Å². The first kappa shape index (κ1) is 11.9. The van der Waals surface area contributed by atoms with E-state index in [1.165, 1.54) is 38.5 Å². The number of nitrogens with two attached hydrogens (primary N) is 1. The van der Waals surface area contributed by atoms with Gasteiger partial charge >= 0.3 is 0 Å². The largest absolute Gasteiger partial charge is 0.385 e. The van der Waals surface area contributed by atoms with E-state index in [-0.39, 0.29) is 0 Å². The minimum atomic E-state index is 0.379. The Balaban J connectivity index is 2.82. The zero-order valence-electron chi connectivity index (χ0n) is 8.51. The minimum Gasteiger partial charge on any atom is -0.385 e. The molecule has 0 aliphatic carbocycles. The van der Waals surface area contributed by atoms with Crippen LogP contribution in [0, 0.1) is 0 Å². The molecular weight excluding hydrogens is 150 g/mol. The lowest BCUT2D eigenvalue weighted by Gasteiger charge is -2.04. The van der Waals surface area contributed by atoms with Gasteiger partial charge in [0.05, 0.1) is 0 Å². The monoisotopic (exact) mass is 173 g/mol. The first-order valence-corrected chi connectivity index (χ1v) is 5.02. The van der Waals surface area contributed by atoms with E-state index in [9.17, 15) is 0 Å². The van der Waals surface area contributed by atoms with Gasteiger partial charge in [-0.3, -0.25) is 0 Å². The average Bonchev–Trinajstić information content (AvgIpc) is 2.02. The zero-order chi connectivity index (χ0) is 9.23. The molecule has 74 valence electrons. The second kappa shape index (κ2) is 9.01. The summed E-state index contributed by atoms with van der Waals surface area (Å²) >= 11 is 0. The highest BCUT2D eigenvalue weighted by Gasteiger charge is 1.94. The number of methoxy groups -OCH3 is 1. The molecule has 0 heterocycles. The summed E-state index contributed by atoms with van der Waals surface area (Å²) < 4.78 is 4.97. The molecule has 0 saturated carbocycles. The second-order valence-electron chi connectivity index (χ2n) is 3.53. The van der Waals surface area contributed by atoms with Crippen molar-refractivity contribution in [3.63, 3.8) is 0 Å². The third-order valence-electron chi connectivity index (χ3n) is 2.01. The fourth-order valence-corrected chi connectivity index (χ4v) is 1.24. The number of ether oxygens (including phenoxy) is 1. The zero-order valence-corrected chi connectivity index (χ0v) is 8.51. The number of unbranched alkanes of at least 4 members (excludes halogenated alkanes) is 4. The lowest BCUT2D eigenvalue weighted by Crippen LogP contribution is -2.13. The molecule has 0 aromatic carbocycles. The van der Waals surface area contributed by atoms with Gasteiger partial charge < -0.3 is 10.5 Å². The van der Waals surface area contributed by atoms with Crippen LogP contribution in [0.5, 0.6) is 0 Å². The number of hydrogen-bond donors (Lipinski definition) is 1. The molecule has 0 fully saturated rings. The van der Waals surface area contributed by atoms with E-state index in [0.717, 1.165) is 6.61 Å². The Labute approximate surface area is 76.5 Å². The van der Waals surface area contributed by atoms with Crippen molar-refractivity contribution in [3.05, 3.63) is 0 Å². The molecule has 0 rings (SSSR count). The third kappa shape index (κ3) is 9.92. The predicted molar refractivity (Wildman–Crippen MR) is 53.2 cm³/mol. The highest BCUT2D eigenvalue weighted by atomic mass is 16.5. The van der Waals surface area contributed by atoms with Crippen molar-refractivity contribution in [2.45, 2.75) is 51.5 Å². The highest BCUT2D eigenvalue weighted by Crippen LogP contribution is 2.06. The fraction of sp³-hybridized carbons (Fsp3) is 1.00. The normalized spacial score (nSPS) is 13.2. The second-order valence-corrected chi connectivity index (χ2v) is 3.53. The predicted octanol–water partition coefficient (Wildman–Crippen LogP) is 2.32. The van der Waals surface area contributed by atoms with Crippen LogP contribution in [0.2, 0.25) is 0 Å². The molecule has 0 aromatic rings. The van der Waals surface area contributed by atoms with Crippen molar-refractivity contribution >= 4 is 0 Å². The summed E-state index contributed by atoms with van der Waals surface area (Å²) in [6.45, 7) is 2.98. The summed E-state index contributed by atoms with van der Waals surface area (Å²) in [5.41, 5.74) is 5.63. The van der Waals surface area contributed by atoms with E-state index in [1.54, 1.807) is 7.11 Å². The van der Waals surface area contributed by atoms with Crippen molar-refractivity contribution in [2.75, 3.05) is 13.7 Å². The summed E-state index contributed by atoms with van der Waals surface area (Å²) in [4.78, 5) is 0.